The number of likely N-dealkylation sites (tertiary alicyclic amines) is 1. The van der Waals surface area contributed by atoms with Crippen molar-refractivity contribution in [3.63, 3.8) is 0 Å². The van der Waals surface area contributed by atoms with Crippen molar-refractivity contribution in [3.8, 4) is 0 Å². The van der Waals surface area contributed by atoms with Crippen LogP contribution in [-0.4, -0.2) is 83.3 Å². The van der Waals surface area contributed by atoms with Crippen LogP contribution in [0.4, 0.5) is 0 Å². The maximum absolute atomic E-state index is 13.5. The highest BCUT2D eigenvalue weighted by atomic mass is 16.3. The molecule has 9 heteroatoms. The van der Waals surface area contributed by atoms with Crippen molar-refractivity contribution in [2.45, 2.75) is 77.2 Å². The van der Waals surface area contributed by atoms with E-state index < -0.39 is 30.2 Å². The molecule has 1 fully saturated rings. The fourth-order valence-corrected chi connectivity index (χ4v) is 5.13. The van der Waals surface area contributed by atoms with E-state index in [0.29, 0.717) is 19.5 Å². The first-order valence-electron chi connectivity index (χ1n) is 14.2. The molecule has 39 heavy (non-hydrogen) atoms. The second kappa shape index (κ2) is 15.0. The summed E-state index contributed by atoms with van der Waals surface area (Å²) in [6, 6.07) is 12.4. The Morgan fingerprint density at radius 3 is 2.41 bits per heavy atom. The minimum atomic E-state index is -0.873. The first kappa shape index (κ1) is 30.5. The van der Waals surface area contributed by atoms with E-state index in [4.69, 9.17) is 0 Å². The zero-order chi connectivity index (χ0) is 28.4. The molecule has 3 amide bonds. The highest BCUT2D eigenvalue weighted by Crippen LogP contribution is 2.23. The van der Waals surface area contributed by atoms with Crippen LogP contribution in [0.1, 0.15) is 52.0 Å². The van der Waals surface area contributed by atoms with Crippen molar-refractivity contribution in [2.75, 3.05) is 26.2 Å². The molecule has 2 aromatic rings. The van der Waals surface area contributed by atoms with Gasteiger partial charge in [-0.15, -0.1) is 0 Å². The number of nitrogens with one attached hydrogen (secondary N) is 3. The van der Waals surface area contributed by atoms with Crippen LogP contribution in [-0.2, 0) is 20.8 Å². The molecule has 9 nitrogen and oxygen atoms in total. The summed E-state index contributed by atoms with van der Waals surface area (Å²) in [5.41, 5.74) is 0.893. The van der Waals surface area contributed by atoms with Crippen molar-refractivity contribution in [3.05, 3.63) is 48.0 Å². The lowest BCUT2D eigenvalue weighted by atomic mass is 10.00. The Labute approximate surface area is 231 Å². The van der Waals surface area contributed by atoms with Crippen LogP contribution in [0.5, 0.6) is 0 Å². The van der Waals surface area contributed by atoms with E-state index in [1.54, 1.807) is 11.8 Å². The molecule has 3 rings (SSSR count). The minimum Gasteiger partial charge on any atom is -0.392 e. The Kier molecular flexibility index (Phi) is 11.7. The van der Waals surface area contributed by atoms with Crippen LogP contribution < -0.4 is 16.0 Å². The highest BCUT2D eigenvalue weighted by molar-refractivity contribution is 5.93. The summed E-state index contributed by atoms with van der Waals surface area (Å²) in [5, 5.41) is 30.4. The second-order valence-electron chi connectivity index (χ2n) is 10.6. The quantitative estimate of drug-likeness (QED) is 0.248. The molecular weight excluding hydrogens is 496 g/mol. The number of fused-ring (bicyclic) bond motifs is 1. The lowest BCUT2D eigenvalue weighted by Crippen LogP contribution is -2.55. The van der Waals surface area contributed by atoms with Gasteiger partial charge in [-0.1, -0.05) is 56.3 Å². The summed E-state index contributed by atoms with van der Waals surface area (Å²) in [4.78, 5) is 41.5. The van der Waals surface area contributed by atoms with Gasteiger partial charge >= 0.3 is 0 Å². The third kappa shape index (κ3) is 8.74. The number of aliphatic hydroxyl groups excluding tert-OH is 2. The Balaban J connectivity index is 1.72. The van der Waals surface area contributed by atoms with Gasteiger partial charge in [0, 0.05) is 38.5 Å². The molecule has 0 aromatic heterocycles. The van der Waals surface area contributed by atoms with Crippen LogP contribution >= 0.6 is 0 Å². The number of hydrogen-bond acceptors (Lipinski definition) is 6. The third-order valence-corrected chi connectivity index (χ3v) is 7.39. The first-order chi connectivity index (χ1) is 18.7. The summed E-state index contributed by atoms with van der Waals surface area (Å²) >= 11 is 0. The molecule has 0 bridgehead atoms. The van der Waals surface area contributed by atoms with Gasteiger partial charge in [0.2, 0.25) is 17.7 Å². The van der Waals surface area contributed by atoms with Crippen LogP contribution in [0.2, 0.25) is 0 Å². The number of aliphatic hydroxyl groups is 2. The van der Waals surface area contributed by atoms with Gasteiger partial charge in [-0.3, -0.25) is 14.4 Å². The lowest BCUT2D eigenvalue weighted by Gasteiger charge is -2.29. The minimum absolute atomic E-state index is 0.000927. The second-order valence-corrected chi connectivity index (χ2v) is 10.6. The van der Waals surface area contributed by atoms with Crippen molar-refractivity contribution in [2.24, 2.45) is 5.92 Å². The first-order valence-corrected chi connectivity index (χ1v) is 14.2. The maximum atomic E-state index is 13.5. The van der Waals surface area contributed by atoms with Crippen molar-refractivity contribution in [1.82, 2.24) is 20.9 Å². The third-order valence-electron chi connectivity index (χ3n) is 7.39. The van der Waals surface area contributed by atoms with Gasteiger partial charge in [0.25, 0.3) is 0 Å². The Morgan fingerprint density at radius 1 is 1.00 bits per heavy atom. The van der Waals surface area contributed by atoms with Crippen molar-refractivity contribution < 1.29 is 24.6 Å². The fraction of sp³-hybridized carbons (Fsp3) is 0.567. The molecule has 1 heterocycles. The fourth-order valence-electron chi connectivity index (χ4n) is 5.13. The van der Waals surface area contributed by atoms with E-state index in [2.05, 4.69) is 16.0 Å². The number of rotatable bonds is 14. The molecule has 0 saturated carbocycles. The van der Waals surface area contributed by atoms with E-state index in [1.807, 2.05) is 56.3 Å². The Bertz CT molecular complexity index is 1100. The topological polar surface area (TPSA) is 131 Å². The van der Waals surface area contributed by atoms with Crippen molar-refractivity contribution in [1.29, 1.82) is 0 Å². The molecule has 214 valence electrons. The van der Waals surface area contributed by atoms with Crippen LogP contribution in [0.3, 0.4) is 0 Å². The molecule has 1 aliphatic rings. The number of carbonyl (C=O) groups is 3. The summed E-state index contributed by atoms with van der Waals surface area (Å²) in [5.74, 6) is -0.839. The smallest absolute Gasteiger partial charge is 0.243 e. The van der Waals surface area contributed by atoms with Gasteiger partial charge in [0.1, 0.15) is 12.1 Å². The number of amides is 3. The normalized spacial score (nSPS) is 17.7. The van der Waals surface area contributed by atoms with E-state index in [1.165, 1.54) is 0 Å². The van der Waals surface area contributed by atoms with E-state index >= 15 is 0 Å². The monoisotopic (exact) mass is 540 g/mol. The molecule has 0 spiro atoms. The molecule has 4 atom stereocenters. The predicted molar refractivity (Wildman–Crippen MR) is 152 cm³/mol. The number of carbonyl (C=O) groups excluding carboxylic acids is 3. The van der Waals surface area contributed by atoms with E-state index in [9.17, 15) is 24.6 Å². The Morgan fingerprint density at radius 2 is 1.72 bits per heavy atom. The number of benzene rings is 2. The summed E-state index contributed by atoms with van der Waals surface area (Å²) in [7, 11) is 0. The Hall–Kier alpha value is -3.01. The lowest BCUT2D eigenvalue weighted by molar-refractivity contribution is -0.142. The average Bonchev–Trinajstić information content (AvgIpc) is 3.42. The summed E-state index contributed by atoms with van der Waals surface area (Å²) in [6.45, 7) is 6.69. The zero-order valence-corrected chi connectivity index (χ0v) is 23.4. The maximum Gasteiger partial charge on any atom is 0.243 e. The number of hydrogen-bond donors (Lipinski definition) is 5. The zero-order valence-electron chi connectivity index (χ0n) is 23.4. The molecule has 2 aromatic carbocycles. The van der Waals surface area contributed by atoms with Crippen LogP contribution in [0, 0.1) is 5.92 Å². The van der Waals surface area contributed by atoms with Crippen molar-refractivity contribution >= 4 is 28.5 Å². The molecule has 0 radical (unpaired) electrons. The number of nitrogens with zero attached hydrogens (tertiary/aromatic N) is 1. The molecule has 5 N–H and O–H groups in total. The molecular formula is C30H44N4O5. The van der Waals surface area contributed by atoms with Gasteiger partial charge in [-0.25, -0.2) is 0 Å². The standard InChI is InChI=1S/C30H44N4O5/c1-4-22(5-2)30(39)34-14-8-11-27(34)29(38)33-26(28(37)32-19-25(36)18-31-17-20(3)35)16-21-12-13-23-9-6-7-10-24(23)15-21/h6-7,9-10,12-13,15,20,22,25-27,31,35-36H,4-5,8,11,14,16-19H2,1-3H3,(H,32,37)(H,33,38)/t20?,25?,26-,27+/m1/s1. The average molecular weight is 541 g/mol. The highest BCUT2D eigenvalue weighted by Gasteiger charge is 2.37. The van der Waals surface area contributed by atoms with Gasteiger partial charge in [0.05, 0.1) is 12.2 Å². The van der Waals surface area contributed by atoms with Gasteiger partial charge in [0.15, 0.2) is 0 Å². The summed E-state index contributed by atoms with van der Waals surface area (Å²) in [6.07, 6.45) is 1.63. The van der Waals surface area contributed by atoms with Crippen LogP contribution in [0.25, 0.3) is 10.8 Å². The summed E-state index contributed by atoms with van der Waals surface area (Å²) < 4.78 is 0. The van der Waals surface area contributed by atoms with Gasteiger partial charge in [-0.05, 0) is 48.9 Å². The largest absolute Gasteiger partial charge is 0.392 e. The SMILES string of the molecule is CCC(CC)C(=O)N1CCC[C@H]1C(=O)N[C@H](Cc1ccc2ccccc2c1)C(=O)NCC(O)CNCC(C)O. The van der Waals surface area contributed by atoms with Gasteiger partial charge < -0.3 is 31.1 Å². The van der Waals surface area contributed by atoms with Gasteiger partial charge in [-0.2, -0.15) is 0 Å². The molecule has 2 unspecified atom stereocenters. The van der Waals surface area contributed by atoms with E-state index in [-0.39, 0.29) is 37.2 Å². The predicted octanol–water partition coefficient (Wildman–Crippen LogP) is 1.74. The molecule has 1 aliphatic heterocycles. The van der Waals surface area contributed by atoms with E-state index in [0.717, 1.165) is 35.6 Å². The molecule has 1 saturated heterocycles. The van der Waals surface area contributed by atoms with Crippen LogP contribution in [0.15, 0.2) is 42.5 Å². The molecule has 0 aliphatic carbocycles.